The molecule has 0 aliphatic carbocycles. The van der Waals surface area contributed by atoms with Crippen molar-refractivity contribution in [1.29, 1.82) is 0 Å². The fourth-order valence-electron chi connectivity index (χ4n) is 1.71. The average Bonchev–Trinajstić information content (AvgIpc) is 2.90. The van der Waals surface area contributed by atoms with Crippen LogP contribution in [0.3, 0.4) is 0 Å². The number of nitrogens with one attached hydrogen (secondary N) is 2. The second-order valence-electron chi connectivity index (χ2n) is 4.13. The van der Waals surface area contributed by atoms with Crippen molar-refractivity contribution in [1.82, 2.24) is 15.3 Å². The highest BCUT2D eigenvalue weighted by Crippen LogP contribution is 2.17. The molecule has 0 fully saturated rings. The Kier molecular flexibility index (Phi) is 4.41. The third-order valence-corrected chi connectivity index (χ3v) is 2.93. The van der Waals surface area contributed by atoms with Crippen LogP contribution in [-0.4, -0.2) is 22.4 Å². The fourth-order valence-corrected chi connectivity index (χ4v) is 1.88. The molecule has 1 heterocycles. The summed E-state index contributed by atoms with van der Waals surface area (Å²) in [5.41, 5.74) is 6.57. The third kappa shape index (κ3) is 3.72. The number of H-pyrrole nitrogens is 1. The molecule has 1 amide bonds. The number of carbonyl (C=O) groups excluding carboxylic acids is 1. The van der Waals surface area contributed by atoms with Gasteiger partial charge in [-0.25, -0.2) is 4.98 Å². The number of benzene rings is 1. The molecule has 0 saturated carbocycles. The Morgan fingerprint density at radius 2 is 2.32 bits per heavy atom. The maximum atomic E-state index is 11.9. The fraction of sp³-hybridized carbons (Fsp3) is 0.231. The number of amides is 1. The van der Waals surface area contributed by atoms with Crippen LogP contribution >= 0.6 is 11.6 Å². The summed E-state index contributed by atoms with van der Waals surface area (Å²) in [4.78, 5) is 19.0. The quantitative estimate of drug-likeness (QED) is 0.578. The van der Waals surface area contributed by atoms with E-state index in [-0.39, 0.29) is 5.91 Å². The molecule has 1 aromatic carbocycles. The van der Waals surface area contributed by atoms with Gasteiger partial charge in [-0.05, 0) is 24.6 Å². The molecule has 0 spiro atoms. The molecule has 2 aromatic rings. The van der Waals surface area contributed by atoms with Gasteiger partial charge in [0.25, 0.3) is 5.91 Å². The minimum atomic E-state index is -0.209. The highest BCUT2D eigenvalue weighted by molar-refractivity contribution is 6.31. The zero-order valence-corrected chi connectivity index (χ0v) is 11.1. The van der Waals surface area contributed by atoms with E-state index in [9.17, 15) is 4.79 Å². The Morgan fingerprint density at radius 1 is 1.47 bits per heavy atom. The van der Waals surface area contributed by atoms with Gasteiger partial charge in [-0.15, -0.1) is 0 Å². The van der Waals surface area contributed by atoms with Gasteiger partial charge in [-0.3, -0.25) is 4.79 Å². The summed E-state index contributed by atoms with van der Waals surface area (Å²) < 4.78 is 0. The number of hydrogen-bond donors (Lipinski definition) is 3. The number of nitrogens with two attached hydrogens (primary N) is 1. The summed E-state index contributed by atoms with van der Waals surface area (Å²) in [6.45, 7) is 0.561. The second-order valence-corrected chi connectivity index (χ2v) is 4.56. The Bertz CT molecular complexity index is 554. The SMILES string of the molecule is Nc1ccc(Cl)cc1C(=O)NCCCc1ncc[nH]1. The highest BCUT2D eigenvalue weighted by Gasteiger charge is 2.09. The van der Waals surface area contributed by atoms with Crippen LogP contribution in [0.4, 0.5) is 5.69 Å². The average molecular weight is 279 g/mol. The number of aromatic nitrogens is 2. The van der Waals surface area contributed by atoms with Crippen LogP contribution < -0.4 is 11.1 Å². The zero-order valence-electron chi connectivity index (χ0n) is 10.3. The summed E-state index contributed by atoms with van der Waals surface area (Å²) in [6, 6.07) is 4.85. The van der Waals surface area contributed by atoms with E-state index in [1.54, 1.807) is 30.6 Å². The van der Waals surface area contributed by atoms with E-state index in [4.69, 9.17) is 17.3 Å². The summed E-state index contributed by atoms with van der Waals surface area (Å²) in [6.07, 6.45) is 5.08. The van der Waals surface area contributed by atoms with E-state index >= 15 is 0 Å². The minimum Gasteiger partial charge on any atom is -0.398 e. The molecule has 0 unspecified atom stereocenters. The molecule has 2 rings (SSSR count). The van der Waals surface area contributed by atoms with Gasteiger partial charge in [0, 0.05) is 36.1 Å². The van der Waals surface area contributed by atoms with Gasteiger partial charge in [0.2, 0.25) is 0 Å². The lowest BCUT2D eigenvalue weighted by atomic mass is 10.1. The van der Waals surface area contributed by atoms with Gasteiger partial charge in [0.15, 0.2) is 0 Å². The van der Waals surface area contributed by atoms with Crippen molar-refractivity contribution in [2.24, 2.45) is 0 Å². The first-order valence-electron chi connectivity index (χ1n) is 5.98. The van der Waals surface area contributed by atoms with E-state index in [0.29, 0.717) is 22.8 Å². The van der Waals surface area contributed by atoms with Gasteiger partial charge >= 0.3 is 0 Å². The predicted molar refractivity (Wildman–Crippen MR) is 75.1 cm³/mol. The van der Waals surface area contributed by atoms with Gasteiger partial charge in [-0.2, -0.15) is 0 Å². The van der Waals surface area contributed by atoms with Crippen molar-refractivity contribution in [3.05, 3.63) is 47.0 Å². The van der Waals surface area contributed by atoms with Crippen LogP contribution in [0.15, 0.2) is 30.6 Å². The van der Waals surface area contributed by atoms with Crippen molar-refractivity contribution in [3.63, 3.8) is 0 Å². The molecule has 19 heavy (non-hydrogen) atoms. The van der Waals surface area contributed by atoms with E-state index in [1.807, 2.05) is 0 Å². The summed E-state index contributed by atoms with van der Waals surface area (Å²) in [7, 11) is 0. The standard InChI is InChI=1S/C13H15ClN4O/c14-9-3-4-11(15)10(8-9)13(19)18-5-1-2-12-16-6-7-17-12/h3-4,6-8H,1-2,5,15H2,(H,16,17)(H,18,19). The Balaban J connectivity index is 1.82. The van der Waals surface area contributed by atoms with Crippen molar-refractivity contribution in [2.75, 3.05) is 12.3 Å². The molecule has 0 saturated heterocycles. The summed E-state index contributed by atoms with van der Waals surface area (Å²) in [5.74, 6) is 0.705. The van der Waals surface area contributed by atoms with E-state index in [2.05, 4.69) is 15.3 Å². The predicted octanol–water partition coefficient (Wildman–Crippen LogP) is 2.01. The minimum absolute atomic E-state index is 0.209. The molecule has 0 radical (unpaired) electrons. The van der Waals surface area contributed by atoms with Gasteiger partial charge < -0.3 is 16.0 Å². The molecule has 6 heteroatoms. The molecule has 1 aromatic heterocycles. The van der Waals surface area contributed by atoms with Crippen LogP contribution in [0, 0.1) is 0 Å². The first-order valence-corrected chi connectivity index (χ1v) is 6.36. The maximum absolute atomic E-state index is 11.9. The number of aromatic amines is 1. The number of carbonyl (C=O) groups is 1. The van der Waals surface area contributed by atoms with Crippen LogP contribution in [0.25, 0.3) is 0 Å². The third-order valence-electron chi connectivity index (χ3n) is 2.69. The lowest BCUT2D eigenvalue weighted by molar-refractivity contribution is 0.0954. The number of rotatable bonds is 5. The van der Waals surface area contributed by atoms with E-state index < -0.39 is 0 Å². The Hall–Kier alpha value is -2.01. The molecular weight excluding hydrogens is 264 g/mol. The molecule has 0 aliphatic rings. The molecule has 5 nitrogen and oxygen atoms in total. The van der Waals surface area contributed by atoms with Crippen LogP contribution in [-0.2, 0) is 6.42 Å². The molecule has 0 aliphatic heterocycles. The molecule has 0 bridgehead atoms. The second kappa shape index (κ2) is 6.24. The van der Waals surface area contributed by atoms with Crippen LogP contribution in [0.1, 0.15) is 22.6 Å². The van der Waals surface area contributed by atoms with E-state index in [0.717, 1.165) is 18.7 Å². The van der Waals surface area contributed by atoms with Gasteiger partial charge in [0.05, 0.1) is 5.56 Å². The number of halogens is 1. The molecule has 0 atom stereocenters. The molecule has 4 N–H and O–H groups in total. The lowest BCUT2D eigenvalue weighted by Gasteiger charge is -2.07. The zero-order chi connectivity index (χ0) is 13.7. The van der Waals surface area contributed by atoms with Crippen LogP contribution in [0.2, 0.25) is 5.02 Å². The van der Waals surface area contributed by atoms with Gasteiger partial charge in [-0.1, -0.05) is 11.6 Å². The number of imidazole rings is 1. The summed E-state index contributed by atoms with van der Waals surface area (Å²) >= 11 is 5.84. The van der Waals surface area contributed by atoms with Crippen molar-refractivity contribution >= 4 is 23.2 Å². The van der Waals surface area contributed by atoms with Crippen molar-refractivity contribution in [2.45, 2.75) is 12.8 Å². The molecular formula is C13H15ClN4O. The smallest absolute Gasteiger partial charge is 0.253 e. The lowest BCUT2D eigenvalue weighted by Crippen LogP contribution is -2.25. The normalized spacial score (nSPS) is 10.4. The number of hydrogen-bond acceptors (Lipinski definition) is 3. The van der Waals surface area contributed by atoms with Gasteiger partial charge in [0.1, 0.15) is 5.82 Å². The largest absolute Gasteiger partial charge is 0.398 e. The highest BCUT2D eigenvalue weighted by atomic mass is 35.5. The van der Waals surface area contributed by atoms with E-state index in [1.165, 1.54) is 0 Å². The van der Waals surface area contributed by atoms with Crippen molar-refractivity contribution < 1.29 is 4.79 Å². The number of nitrogen functional groups attached to an aromatic ring is 1. The number of anilines is 1. The number of nitrogens with zero attached hydrogens (tertiary/aromatic N) is 1. The summed E-state index contributed by atoms with van der Waals surface area (Å²) in [5, 5.41) is 3.31. The monoisotopic (exact) mass is 278 g/mol. The Morgan fingerprint density at radius 3 is 3.05 bits per heavy atom. The topological polar surface area (TPSA) is 83.8 Å². The Labute approximate surface area is 116 Å². The molecule has 100 valence electrons. The first kappa shape index (κ1) is 13.4. The van der Waals surface area contributed by atoms with Crippen molar-refractivity contribution in [3.8, 4) is 0 Å². The number of aryl methyl sites for hydroxylation is 1. The first-order chi connectivity index (χ1) is 9.16. The maximum Gasteiger partial charge on any atom is 0.253 e. The van der Waals surface area contributed by atoms with Crippen LogP contribution in [0.5, 0.6) is 0 Å².